The van der Waals surface area contributed by atoms with Gasteiger partial charge in [-0.05, 0) is 11.6 Å². The molecule has 0 aliphatic carbocycles. The molecule has 1 aromatic rings. The van der Waals surface area contributed by atoms with Gasteiger partial charge in [0.05, 0.1) is 13.2 Å². The molecule has 3 N–H and O–H groups in total. The van der Waals surface area contributed by atoms with Crippen molar-refractivity contribution in [2.24, 2.45) is 0 Å². The largest absolute Gasteiger partial charge is 0.395 e. The molecular formula is C12H17N3O4. The van der Waals surface area contributed by atoms with Crippen molar-refractivity contribution in [2.75, 3.05) is 26.3 Å². The monoisotopic (exact) mass is 267 g/mol. The molecule has 0 spiro atoms. The van der Waals surface area contributed by atoms with Crippen LogP contribution in [0.15, 0.2) is 24.5 Å². The highest BCUT2D eigenvalue weighted by atomic mass is 16.3. The minimum atomic E-state index is -0.772. The molecule has 0 aromatic carbocycles. The van der Waals surface area contributed by atoms with Gasteiger partial charge in [-0.1, -0.05) is 6.07 Å². The lowest BCUT2D eigenvalue weighted by Gasteiger charge is -2.19. The Hall–Kier alpha value is -1.99. The van der Waals surface area contributed by atoms with Crippen LogP contribution in [0.1, 0.15) is 5.56 Å². The highest BCUT2D eigenvalue weighted by Crippen LogP contribution is 1.95. The maximum Gasteiger partial charge on any atom is 0.312 e. The van der Waals surface area contributed by atoms with Gasteiger partial charge in [0.1, 0.15) is 0 Å². The summed E-state index contributed by atoms with van der Waals surface area (Å²) in [6.45, 7) is -0.298. The second-order valence-electron chi connectivity index (χ2n) is 3.78. The number of carbonyl (C=O) groups is 2. The number of aliphatic hydroxyl groups is 2. The number of hydrogen-bond acceptors (Lipinski definition) is 5. The maximum atomic E-state index is 11.7. The van der Waals surface area contributed by atoms with E-state index in [4.69, 9.17) is 10.2 Å². The molecule has 19 heavy (non-hydrogen) atoms. The SMILES string of the molecule is O=C(NCc1cccnc1)C(=O)N(CCO)CCO. The van der Waals surface area contributed by atoms with Crippen molar-refractivity contribution in [3.63, 3.8) is 0 Å². The molecule has 0 unspecified atom stereocenters. The van der Waals surface area contributed by atoms with Gasteiger partial charge in [0.25, 0.3) is 0 Å². The van der Waals surface area contributed by atoms with Crippen LogP contribution in [0.25, 0.3) is 0 Å². The first-order chi connectivity index (χ1) is 9.19. The molecule has 0 radical (unpaired) electrons. The summed E-state index contributed by atoms with van der Waals surface area (Å²) in [5.74, 6) is -1.54. The number of carbonyl (C=O) groups excluding carboxylic acids is 2. The molecule has 1 heterocycles. The topological polar surface area (TPSA) is 103 Å². The third kappa shape index (κ3) is 5.02. The summed E-state index contributed by atoms with van der Waals surface area (Å²) in [6, 6.07) is 3.50. The van der Waals surface area contributed by atoms with Crippen molar-refractivity contribution in [3.05, 3.63) is 30.1 Å². The molecule has 1 aromatic heterocycles. The van der Waals surface area contributed by atoms with Crippen LogP contribution in [0.3, 0.4) is 0 Å². The molecule has 0 fully saturated rings. The van der Waals surface area contributed by atoms with Crippen LogP contribution in [0, 0.1) is 0 Å². The van der Waals surface area contributed by atoms with Crippen LogP contribution in [0.4, 0.5) is 0 Å². The highest BCUT2D eigenvalue weighted by molar-refractivity contribution is 6.34. The molecule has 0 bridgehead atoms. The van der Waals surface area contributed by atoms with Crippen LogP contribution >= 0.6 is 0 Å². The van der Waals surface area contributed by atoms with Crippen LogP contribution in [-0.2, 0) is 16.1 Å². The molecule has 1 rings (SSSR count). The number of pyridine rings is 1. The van der Waals surface area contributed by atoms with Gasteiger partial charge in [0.15, 0.2) is 0 Å². The number of aliphatic hydroxyl groups excluding tert-OH is 2. The molecule has 0 saturated carbocycles. The van der Waals surface area contributed by atoms with Gasteiger partial charge in [0, 0.05) is 32.0 Å². The summed E-state index contributed by atoms with van der Waals surface area (Å²) < 4.78 is 0. The Balaban J connectivity index is 2.49. The number of aromatic nitrogens is 1. The summed E-state index contributed by atoms with van der Waals surface area (Å²) >= 11 is 0. The Kier molecular flexibility index (Phi) is 6.48. The van der Waals surface area contributed by atoms with E-state index in [0.717, 1.165) is 10.5 Å². The molecule has 0 aliphatic rings. The lowest BCUT2D eigenvalue weighted by atomic mass is 10.3. The summed E-state index contributed by atoms with van der Waals surface area (Å²) in [5, 5.41) is 20.0. The predicted octanol–water partition coefficient (Wildman–Crippen LogP) is -1.49. The molecular weight excluding hydrogens is 250 g/mol. The summed E-state index contributed by atoms with van der Waals surface area (Å²) in [7, 11) is 0. The zero-order valence-corrected chi connectivity index (χ0v) is 10.5. The lowest BCUT2D eigenvalue weighted by molar-refractivity contribution is -0.146. The molecule has 2 amide bonds. The smallest absolute Gasteiger partial charge is 0.312 e. The van der Waals surface area contributed by atoms with E-state index in [9.17, 15) is 9.59 Å². The molecule has 0 atom stereocenters. The summed E-state index contributed by atoms with van der Waals surface area (Å²) in [6.07, 6.45) is 3.20. The third-order valence-electron chi connectivity index (χ3n) is 2.40. The van der Waals surface area contributed by atoms with Gasteiger partial charge in [-0.15, -0.1) is 0 Å². The molecule has 104 valence electrons. The minimum absolute atomic E-state index is 0.0136. The van der Waals surface area contributed by atoms with Crippen LogP contribution in [0.2, 0.25) is 0 Å². The van der Waals surface area contributed by atoms with Crippen molar-refractivity contribution < 1.29 is 19.8 Å². The van der Waals surface area contributed by atoms with Gasteiger partial charge in [-0.2, -0.15) is 0 Å². The Labute approximate surface area is 110 Å². The second-order valence-corrected chi connectivity index (χ2v) is 3.78. The van der Waals surface area contributed by atoms with Gasteiger partial charge in [-0.25, -0.2) is 0 Å². The van der Waals surface area contributed by atoms with Gasteiger partial charge >= 0.3 is 11.8 Å². The van der Waals surface area contributed by atoms with E-state index < -0.39 is 11.8 Å². The Morgan fingerprint density at radius 3 is 2.47 bits per heavy atom. The van der Waals surface area contributed by atoms with E-state index in [1.54, 1.807) is 24.5 Å². The van der Waals surface area contributed by atoms with E-state index in [-0.39, 0.29) is 32.8 Å². The van der Waals surface area contributed by atoms with E-state index in [0.29, 0.717) is 0 Å². The minimum Gasteiger partial charge on any atom is -0.395 e. The first kappa shape index (κ1) is 15.1. The Morgan fingerprint density at radius 1 is 1.26 bits per heavy atom. The Bertz CT molecular complexity index is 405. The number of amides is 2. The maximum absolute atomic E-state index is 11.7. The Morgan fingerprint density at radius 2 is 1.95 bits per heavy atom. The second kappa shape index (κ2) is 8.17. The average Bonchev–Trinajstić information content (AvgIpc) is 2.45. The quantitative estimate of drug-likeness (QED) is 0.545. The van der Waals surface area contributed by atoms with E-state index in [2.05, 4.69) is 10.3 Å². The third-order valence-corrected chi connectivity index (χ3v) is 2.40. The number of nitrogens with zero attached hydrogens (tertiary/aromatic N) is 2. The number of hydrogen-bond donors (Lipinski definition) is 3. The van der Waals surface area contributed by atoms with Crippen molar-refractivity contribution in [3.8, 4) is 0 Å². The van der Waals surface area contributed by atoms with E-state index in [1.165, 1.54) is 0 Å². The van der Waals surface area contributed by atoms with Gasteiger partial charge in [-0.3, -0.25) is 14.6 Å². The van der Waals surface area contributed by atoms with Crippen LogP contribution in [-0.4, -0.2) is 58.2 Å². The van der Waals surface area contributed by atoms with Crippen molar-refractivity contribution in [1.29, 1.82) is 0 Å². The zero-order chi connectivity index (χ0) is 14.1. The van der Waals surface area contributed by atoms with Crippen LogP contribution < -0.4 is 5.32 Å². The molecule has 7 heteroatoms. The van der Waals surface area contributed by atoms with Gasteiger partial charge < -0.3 is 20.4 Å². The molecule has 0 saturated heterocycles. The van der Waals surface area contributed by atoms with Crippen molar-refractivity contribution >= 4 is 11.8 Å². The molecule has 7 nitrogen and oxygen atoms in total. The van der Waals surface area contributed by atoms with E-state index in [1.807, 2.05) is 0 Å². The molecule has 0 aliphatic heterocycles. The van der Waals surface area contributed by atoms with Crippen molar-refractivity contribution in [1.82, 2.24) is 15.2 Å². The summed E-state index contributed by atoms with van der Waals surface area (Å²) in [5.41, 5.74) is 0.777. The average molecular weight is 267 g/mol. The summed E-state index contributed by atoms with van der Waals surface area (Å²) in [4.78, 5) is 28.3. The van der Waals surface area contributed by atoms with Gasteiger partial charge in [0.2, 0.25) is 0 Å². The number of rotatable bonds is 6. The predicted molar refractivity (Wildman–Crippen MR) is 66.8 cm³/mol. The fourth-order valence-electron chi connectivity index (χ4n) is 1.46. The highest BCUT2D eigenvalue weighted by Gasteiger charge is 2.20. The fourth-order valence-corrected chi connectivity index (χ4v) is 1.46. The van der Waals surface area contributed by atoms with E-state index >= 15 is 0 Å². The first-order valence-corrected chi connectivity index (χ1v) is 5.86. The first-order valence-electron chi connectivity index (χ1n) is 5.86. The normalized spacial score (nSPS) is 10.0. The standard InChI is InChI=1S/C12H17N3O4/c16-6-4-15(5-7-17)12(19)11(18)14-9-10-2-1-3-13-8-10/h1-3,8,16-17H,4-7,9H2,(H,14,18). The van der Waals surface area contributed by atoms with Crippen LogP contribution in [0.5, 0.6) is 0 Å². The zero-order valence-electron chi connectivity index (χ0n) is 10.5. The fraction of sp³-hybridized carbons (Fsp3) is 0.417. The number of nitrogens with one attached hydrogen (secondary N) is 1. The lowest BCUT2D eigenvalue weighted by Crippen LogP contribution is -2.45. The van der Waals surface area contributed by atoms with Crippen molar-refractivity contribution in [2.45, 2.75) is 6.54 Å².